The molecule has 3 N–H and O–H groups in total. The summed E-state index contributed by atoms with van der Waals surface area (Å²) in [5, 5.41) is 17.8. The minimum Gasteiger partial charge on any atom is -0.490 e. The van der Waals surface area contributed by atoms with Crippen LogP contribution in [0.2, 0.25) is 0 Å². The Labute approximate surface area is 286 Å². The summed E-state index contributed by atoms with van der Waals surface area (Å²) < 4.78 is 12.7. The average molecular weight is 708 g/mol. The highest BCUT2D eigenvalue weighted by Gasteiger charge is 2.56. The van der Waals surface area contributed by atoms with Crippen LogP contribution in [-0.4, -0.2) is 41.5 Å². The van der Waals surface area contributed by atoms with Crippen molar-refractivity contribution in [3.63, 3.8) is 0 Å². The summed E-state index contributed by atoms with van der Waals surface area (Å²) in [5.74, 6) is -4.03. The maximum atomic E-state index is 14.3. The number of benzene rings is 3. The van der Waals surface area contributed by atoms with Crippen molar-refractivity contribution in [2.24, 2.45) is 11.8 Å². The first-order chi connectivity index (χ1) is 22.3. The standard InChI is InChI=1S/C38H47BrN2O6/c1-8-10-11-16-47-35-27(39)19-26(20-31(35)46-9-2)32-33(36(43)40-28-17-22(3)12-14-24(28)5)30(42)21-38(7,45)34(32)37(44)41-29-18-23(4)13-15-25(29)6/h12-15,17-20,32-34,45H,8-11,16,21H2,1-7H3,(H,40,43)(H,41,44). The van der Waals surface area contributed by atoms with E-state index >= 15 is 0 Å². The molecule has 8 nitrogen and oxygen atoms in total. The lowest BCUT2D eigenvalue weighted by Gasteiger charge is -2.44. The van der Waals surface area contributed by atoms with Crippen LogP contribution in [0.1, 0.15) is 80.2 Å². The number of carbonyl (C=O) groups is 3. The summed E-state index contributed by atoms with van der Waals surface area (Å²) in [7, 11) is 0. The van der Waals surface area contributed by atoms with Crippen molar-refractivity contribution in [1.82, 2.24) is 0 Å². The monoisotopic (exact) mass is 706 g/mol. The predicted molar refractivity (Wildman–Crippen MR) is 189 cm³/mol. The van der Waals surface area contributed by atoms with Crippen LogP contribution in [0, 0.1) is 39.5 Å². The summed E-state index contributed by atoms with van der Waals surface area (Å²) in [5.41, 5.74) is 3.52. The van der Waals surface area contributed by atoms with Crippen molar-refractivity contribution in [2.75, 3.05) is 23.8 Å². The molecule has 3 aromatic carbocycles. The molecular weight excluding hydrogens is 660 g/mol. The van der Waals surface area contributed by atoms with Gasteiger partial charge in [0, 0.05) is 23.7 Å². The van der Waals surface area contributed by atoms with E-state index < -0.39 is 41.0 Å². The Morgan fingerprint density at radius 1 is 0.894 bits per heavy atom. The lowest BCUT2D eigenvalue weighted by molar-refractivity contribution is -0.150. The van der Waals surface area contributed by atoms with E-state index in [9.17, 15) is 19.5 Å². The van der Waals surface area contributed by atoms with Crippen molar-refractivity contribution < 1.29 is 29.0 Å². The molecule has 2 amide bonds. The lowest BCUT2D eigenvalue weighted by atomic mass is 9.61. The Hall–Kier alpha value is -3.69. The summed E-state index contributed by atoms with van der Waals surface area (Å²) >= 11 is 3.65. The van der Waals surface area contributed by atoms with Gasteiger partial charge in [-0.25, -0.2) is 0 Å². The number of anilines is 2. The molecule has 9 heteroatoms. The third kappa shape index (κ3) is 8.43. The van der Waals surface area contributed by atoms with Crippen LogP contribution in [0.3, 0.4) is 0 Å². The van der Waals surface area contributed by atoms with Gasteiger partial charge in [0.2, 0.25) is 11.8 Å². The number of aryl methyl sites for hydroxylation is 4. The quantitative estimate of drug-likeness (QED) is 0.130. The maximum Gasteiger partial charge on any atom is 0.235 e. The first-order valence-corrected chi connectivity index (χ1v) is 17.2. The smallest absolute Gasteiger partial charge is 0.235 e. The van der Waals surface area contributed by atoms with Crippen molar-refractivity contribution in [3.8, 4) is 11.5 Å². The number of hydrogen-bond acceptors (Lipinski definition) is 6. The van der Waals surface area contributed by atoms with Gasteiger partial charge in [-0.3, -0.25) is 14.4 Å². The van der Waals surface area contributed by atoms with E-state index in [-0.39, 0.29) is 6.42 Å². The second-order valence-electron chi connectivity index (χ2n) is 12.9. The third-order valence-corrected chi connectivity index (χ3v) is 9.43. The molecule has 0 aromatic heterocycles. The molecule has 0 spiro atoms. The van der Waals surface area contributed by atoms with E-state index in [1.165, 1.54) is 6.92 Å². The molecule has 0 radical (unpaired) electrons. The first kappa shape index (κ1) is 36.2. The van der Waals surface area contributed by atoms with E-state index in [1.54, 1.807) is 12.1 Å². The molecular formula is C38H47BrN2O6. The van der Waals surface area contributed by atoms with Crippen LogP contribution in [0.4, 0.5) is 11.4 Å². The Bertz CT molecular complexity index is 1630. The fraction of sp³-hybridized carbons (Fsp3) is 0.447. The molecule has 0 bridgehead atoms. The first-order valence-electron chi connectivity index (χ1n) is 16.4. The van der Waals surface area contributed by atoms with Gasteiger partial charge in [0.15, 0.2) is 11.5 Å². The van der Waals surface area contributed by atoms with Crippen LogP contribution in [0.15, 0.2) is 53.0 Å². The van der Waals surface area contributed by atoms with Gasteiger partial charge in [-0.05, 0) is 116 Å². The number of carbonyl (C=O) groups excluding carboxylic acids is 3. The zero-order valence-corrected chi connectivity index (χ0v) is 30.0. The average Bonchev–Trinajstić information content (AvgIpc) is 2.99. The second kappa shape index (κ2) is 15.5. The minimum atomic E-state index is -1.76. The molecule has 4 atom stereocenters. The molecule has 1 aliphatic rings. The van der Waals surface area contributed by atoms with Crippen molar-refractivity contribution >= 4 is 44.9 Å². The molecule has 252 valence electrons. The topological polar surface area (TPSA) is 114 Å². The van der Waals surface area contributed by atoms with Crippen LogP contribution in [0.5, 0.6) is 11.5 Å². The van der Waals surface area contributed by atoms with Gasteiger partial charge in [-0.2, -0.15) is 0 Å². The van der Waals surface area contributed by atoms with Gasteiger partial charge < -0.3 is 25.2 Å². The fourth-order valence-electron chi connectivity index (χ4n) is 6.36. The van der Waals surface area contributed by atoms with Crippen LogP contribution in [-0.2, 0) is 14.4 Å². The molecule has 1 saturated carbocycles. The minimum absolute atomic E-state index is 0.343. The van der Waals surface area contributed by atoms with Crippen LogP contribution in [0.25, 0.3) is 0 Å². The highest BCUT2D eigenvalue weighted by molar-refractivity contribution is 9.10. The number of halogens is 1. The number of nitrogens with one attached hydrogen (secondary N) is 2. The SMILES string of the molecule is CCCCCOc1c(Br)cc(C2C(C(=O)Nc3cc(C)ccc3C)C(=O)CC(C)(O)C2C(=O)Nc2cc(C)ccc2C)cc1OCC. The predicted octanol–water partition coefficient (Wildman–Crippen LogP) is 7.97. The number of rotatable bonds is 12. The van der Waals surface area contributed by atoms with Crippen LogP contribution < -0.4 is 20.1 Å². The van der Waals surface area contributed by atoms with Crippen molar-refractivity contribution in [1.29, 1.82) is 0 Å². The molecule has 0 heterocycles. The van der Waals surface area contributed by atoms with Crippen molar-refractivity contribution in [2.45, 2.75) is 85.7 Å². The van der Waals surface area contributed by atoms with E-state index in [1.807, 2.05) is 71.0 Å². The number of unbranched alkanes of at least 4 members (excludes halogenated alkanes) is 2. The van der Waals surface area contributed by atoms with Gasteiger partial charge >= 0.3 is 0 Å². The zero-order chi connectivity index (χ0) is 34.5. The lowest BCUT2D eigenvalue weighted by Crippen LogP contribution is -2.56. The molecule has 0 aliphatic heterocycles. The number of amides is 2. The van der Waals surface area contributed by atoms with Gasteiger partial charge in [0.05, 0.1) is 29.2 Å². The Kier molecular flexibility index (Phi) is 11.9. The molecule has 0 saturated heterocycles. The van der Waals surface area contributed by atoms with Gasteiger partial charge in [-0.15, -0.1) is 0 Å². The molecule has 4 unspecified atom stereocenters. The van der Waals surface area contributed by atoms with Gasteiger partial charge in [-0.1, -0.05) is 44.0 Å². The van der Waals surface area contributed by atoms with E-state index in [0.717, 1.165) is 41.5 Å². The molecule has 1 fully saturated rings. The van der Waals surface area contributed by atoms with Gasteiger partial charge in [0.25, 0.3) is 0 Å². The summed E-state index contributed by atoms with van der Waals surface area (Å²) in [6.07, 6.45) is 2.58. The highest BCUT2D eigenvalue weighted by Crippen LogP contribution is 2.49. The summed E-state index contributed by atoms with van der Waals surface area (Å²) in [6, 6.07) is 14.9. The Morgan fingerprint density at radius 2 is 1.49 bits per heavy atom. The Balaban J connectivity index is 1.86. The second-order valence-corrected chi connectivity index (χ2v) is 13.8. The highest BCUT2D eigenvalue weighted by atomic mass is 79.9. The number of Topliss-reactive ketones (excluding diaryl/α,β-unsaturated/α-hetero) is 1. The third-order valence-electron chi connectivity index (χ3n) is 8.84. The van der Waals surface area contributed by atoms with Crippen molar-refractivity contribution in [3.05, 3.63) is 80.8 Å². The number of hydrogen-bond donors (Lipinski definition) is 3. The summed E-state index contributed by atoms with van der Waals surface area (Å²) in [6.45, 7) is 13.9. The Morgan fingerprint density at radius 3 is 2.06 bits per heavy atom. The van der Waals surface area contributed by atoms with E-state index in [2.05, 4.69) is 33.5 Å². The maximum absolute atomic E-state index is 14.3. The molecule has 47 heavy (non-hydrogen) atoms. The van der Waals surface area contributed by atoms with E-state index in [4.69, 9.17) is 9.47 Å². The van der Waals surface area contributed by atoms with Gasteiger partial charge in [0.1, 0.15) is 11.7 Å². The number of ketones is 1. The molecule has 4 rings (SSSR count). The molecule has 1 aliphatic carbocycles. The largest absolute Gasteiger partial charge is 0.490 e. The molecule has 3 aromatic rings. The number of aliphatic hydroxyl groups is 1. The van der Waals surface area contributed by atoms with E-state index in [0.29, 0.717) is 46.1 Å². The fourth-order valence-corrected chi connectivity index (χ4v) is 6.94. The number of ether oxygens (including phenoxy) is 2. The normalized spacial score (nSPS) is 20.9. The summed E-state index contributed by atoms with van der Waals surface area (Å²) in [4.78, 5) is 42.5. The zero-order valence-electron chi connectivity index (χ0n) is 28.5. The van der Waals surface area contributed by atoms with Crippen LogP contribution >= 0.6 is 15.9 Å².